The topological polar surface area (TPSA) is 49.8 Å². The average molecular weight is 392 g/mol. The van der Waals surface area contributed by atoms with E-state index < -0.39 is 0 Å². The van der Waals surface area contributed by atoms with Crippen molar-refractivity contribution in [1.82, 2.24) is 4.90 Å². The lowest BCUT2D eigenvalue weighted by Crippen LogP contribution is -2.27. The van der Waals surface area contributed by atoms with Gasteiger partial charge in [-0.2, -0.15) is 0 Å². The van der Waals surface area contributed by atoms with Gasteiger partial charge in [0.1, 0.15) is 5.75 Å². The molecule has 0 saturated carbocycles. The van der Waals surface area contributed by atoms with Gasteiger partial charge in [-0.05, 0) is 76.0 Å². The summed E-state index contributed by atoms with van der Waals surface area (Å²) in [6.45, 7) is 8.59. The van der Waals surface area contributed by atoms with Crippen LogP contribution >= 0.6 is 0 Å². The number of hydrogen-bond acceptors (Lipinski definition) is 4. The van der Waals surface area contributed by atoms with Gasteiger partial charge in [-0.3, -0.25) is 0 Å². The molecular weight excluding hydrogens is 350 g/mol. The highest BCUT2D eigenvalue weighted by Crippen LogP contribution is 2.11. The number of unbranched alkanes of at least 4 members (excludes halogenated alkanes) is 8. The Labute approximate surface area is 172 Å². The largest absolute Gasteiger partial charge is 0.508 e. The Morgan fingerprint density at radius 2 is 1.29 bits per heavy atom. The van der Waals surface area contributed by atoms with Crippen molar-refractivity contribution in [3.63, 3.8) is 0 Å². The lowest BCUT2D eigenvalue weighted by Gasteiger charge is -2.22. The average Bonchev–Trinajstić information content (AvgIpc) is 2.70. The van der Waals surface area contributed by atoms with E-state index in [9.17, 15) is 9.90 Å². The minimum Gasteiger partial charge on any atom is -0.508 e. The fourth-order valence-corrected chi connectivity index (χ4v) is 3.32. The predicted octanol–water partition coefficient (Wildman–Crippen LogP) is 6.18. The maximum atomic E-state index is 11.9. The van der Waals surface area contributed by atoms with E-state index in [0.717, 1.165) is 25.8 Å². The number of ether oxygens (including phenoxy) is 1. The lowest BCUT2D eigenvalue weighted by molar-refractivity contribution is 0.0497. The van der Waals surface area contributed by atoms with Crippen LogP contribution in [0.15, 0.2) is 24.3 Å². The molecule has 28 heavy (non-hydrogen) atoms. The Bertz CT molecular complexity index is 489. The molecule has 0 aliphatic heterocycles. The van der Waals surface area contributed by atoms with Crippen molar-refractivity contribution in [1.29, 1.82) is 0 Å². The second-order valence-electron chi connectivity index (χ2n) is 7.71. The summed E-state index contributed by atoms with van der Waals surface area (Å²) < 4.78 is 5.32. The number of carbonyl (C=O) groups excluding carboxylic acids is 1. The maximum absolute atomic E-state index is 11.9. The van der Waals surface area contributed by atoms with Crippen molar-refractivity contribution in [3.8, 4) is 5.75 Å². The Hall–Kier alpha value is -1.55. The van der Waals surface area contributed by atoms with Crippen molar-refractivity contribution >= 4 is 5.97 Å². The molecule has 4 heteroatoms. The standard InChI is InChI=1S/C24H41NO3/c1-3-5-7-10-18-25(19-11-8-6-4-2)20-12-9-13-21-28-24(27)22-14-16-23(26)17-15-22/h14-17,26H,3-13,18-21H2,1-2H3. The van der Waals surface area contributed by atoms with E-state index in [1.165, 1.54) is 76.6 Å². The Balaban J connectivity index is 2.16. The molecular formula is C24H41NO3. The highest BCUT2D eigenvalue weighted by Gasteiger charge is 2.07. The molecule has 0 aromatic heterocycles. The van der Waals surface area contributed by atoms with Gasteiger partial charge in [-0.25, -0.2) is 4.79 Å². The molecule has 1 aromatic rings. The van der Waals surface area contributed by atoms with E-state index in [4.69, 9.17) is 4.74 Å². The summed E-state index contributed by atoms with van der Waals surface area (Å²) in [5.74, 6) is -0.154. The van der Waals surface area contributed by atoms with Gasteiger partial charge in [0.15, 0.2) is 0 Å². The van der Waals surface area contributed by atoms with Crippen LogP contribution in [-0.2, 0) is 4.74 Å². The lowest BCUT2D eigenvalue weighted by atomic mass is 10.1. The zero-order valence-corrected chi connectivity index (χ0v) is 18.1. The highest BCUT2D eigenvalue weighted by molar-refractivity contribution is 5.89. The number of benzene rings is 1. The second-order valence-corrected chi connectivity index (χ2v) is 7.71. The summed E-state index contributed by atoms with van der Waals surface area (Å²) in [7, 11) is 0. The summed E-state index contributed by atoms with van der Waals surface area (Å²) >= 11 is 0. The molecule has 0 aliphatic rings. The van der Waals surface area contributed by atoms with Gasteiger partial charge in [-0.1, -0.05) is 52.4 Å². The van der Waals surface area contributed by atoms with E-state index in [1.807, 2.05) is 0 Å². The summed E-state index contributed by atoms with van der Waals surface area (Å²) in [6, 6.07) is 6.19. The Kier molecular flexibility index (Phi) is 14.4. The van der Waals surface area contributed by atoms with Crippen molar-refractivity contribution < 1.29 is 14.6 Å². The molecule has 0 bridgehead atoms. The fourth-order valence-electron chi connectivity index (χ4n) is 3.32. The maximum Gasteiger partial charge on any atom is 0.338 e. The van der Waals surface area contributed by atoms with Gasteiger partial charge in [0.25, 0.3) is 0 Å². The molecule has 4 nitrogen and oxygen atoms in total. The molecule has 0 spiro atoms. The Morgan fingerprint density at radius 3 is 1.79 bits per heavy atom. The first kappa shape index (κ1) is 24.5. The predicted molar refractivity (Wildman–Crippen MR) is 117 cm³/mol. The smallest absolute Gasteiger partial charge is 0.338 e. The number of esters is 1. The monoisotopic (exact) mass is 391 g/mol. The molecule has 0 amide bonds. The fraction of sp³-hybridized carbons (Fsp3) is 0.708. The first-order chi connectivity index (χ1) is 13.7. The van der Waals surface area contributed by atoms with Crippen LogP contribution in [0.3, 0.4) is 0 Å². The van der Waals surface area contributed by atoms with Gasteiger partial charge < -0.3 is 14.7 Å². The molecule has 0 saturated heterocycles. The zero-order valence-electron chi connectivity index (χ0n) is 18.1. The SMILES string of the molecule is CCCCCCN(CCCCCC)CCCCCOC(=O)c1ccc(O)cc1. The summed E-state index contributed by atoms with van der Waals surface area (Å²) in [5, 5.41) is 9.26. The molecule has 0 heterocycles. The Morgan fingerprint density at radius 1 is 0.786 bits per heavy atom. The van der Waals surface area contributed by atoms with E-state index in [1.54, 1.807) is 12.1 Å². The third kappa shape index (κ3) is 12.0. The van der Waals surface area contributed by atoms with Crippen molar-refractivity contribution in [2.45, 2.75) is 84.5 Å². The number of nitrogens with zero attached hydrogens (tertiary/aromatic N) is 1. The van der Waals surface area contributed by atoms with Gasteiger partial charge in [0.05, 0.1) is 12.2 Å². The van der Waals surface area contributed by atoms with E-state index in [0.29, 0.717) is 12.2 Å². The van der Waals surface area contributed by atoms with Crippen LogP contribution in [-0.4, -0.2) is 42.2 Å². The molecule has 1 aromatic carbocycles. The van der Waals surface area contributed by atoms with Crippen LogP contribution in [0, 0.1) is 0 Å². The van der Waals surface area contributed by atoms with E-state index in [-0.39, 0.29) is 11.7 Å². The van der Waals surface area contributed by atoms with Crippen molar-refractivity contribution in [3.05, 3.63) is 29.8 Å². The quantitative estimate of drug-likeness (QED) is 0.254. The first-order valence-corrected chi connectivity index (χ1v) is 11.4. The number of rotatable bonds is 17. The first-order valence-electron chi connectivity index (χ1n) is 11.4. The van der Waals surface area contributed by atoms with Crippen LogP contribution < -0.4 is 0 Å². The number of hydrogen-bond donors (Lipinski definition) is 1. The number of aromatic hydroxyl groups is 1. The third-order valence-corrected chi connectivity index (χ3v) is 5.11. The highest BCUT2D eigenvalue weighted by atomic mass is 16.5. The van der Waals surface area contributed by atoms with Crippen LogP contribution in [0.1, 0.15) is 94.8 Å². The van der Waals surface area contributed by atoms with Gasteiger partial charge in [-0.15, -0.1) is 0 Å². The van der Waals surface area contributed by atoms with E-state index in [2.05, 4.69) is 18.7 Å². The van der Waals surface area contributed by atoms with Gasteiger partial charge in [0.2, 0.25) is 0 Å². The van der Waals surface area contributed by atoms with Crippen molar-refractivity contribution in [2.75, 3.05) is 26.2 Å². The van der Waals surface area contributed by atoms with Crippen molar-refractivity contribution in [2.24, 2.45) is 0 Å². The summed E-state index contributed by atoms with van der Waals surface area (Å²) in [6.07, 6.45) is 13.7. The normalized spacial score (nSPS) is 11.1. The van der Waals surface area contributed by atoms with Crippen LogP contribution in [0.4, 0.5) is 0 Å². The zero-order chi connectivity index (χ0) is 20.5. The van der Waals surface area contributed by atoms with E-state index >= 15 is 0 Å². The van der Waals surface area contributed by atoms with Crippen LogP contribution in [0.25, 0.3) is 0 Å². The minimum atomic E-state index is -0.312. The molecule has 0 aliphatic carbocycles. The van der Waals surface area contributed by atoms with Crippen LogP contribution in [0.5, 0.6) is 5.75 Å². The second kappa shape index (κ2) is 16.4. The molecule has 160 valence electrons. The number of phenols is 1. The third-order valence-electron chi connectivity index (χ3n) is 5.11. The molecule has 0 fully saturated rings. The number of carbonyl (C=O) groups is 1. The number of phenolic OH excluding ortho intramolecular Hbond substituents is 1. The van der Waals surface area contributed by atoms with Gasteiger partial charge in [0, 0.05) is 0 Å². The summed E-state index contributed by atoms with van der Waals surface area (Å²) in [4.78, 5) is 14.6. The summed E-state index contributed by atoms with van der Waals surface area (Å²) in [5.41, 5.74) is 0.489. The van der Waals surface area contributed by atoms with Crippen LogP contribution in [0.2, 0.25) is 0 Å². The molecule has 0 radical (unpaired) electrons. The molecule has 1 rings (SSSR count). The van der Waals surface area contributed by atoms with Gasteiger partial charge >= 0.3 is 5.97 Å². The molecule has 0 unspecified atom stereocenters. The molecule has 0 atom stereocenters. The molecule has 1 N–H and O–H groups in total. The minimum absolute atomic E-state index is 0.158.